The molecule has 27 heavy (non-hydrogen) atoms. The molecule has 0 aliphatic heterocycles. The fraction of sp³-hybridized carbons (Fsp3) is 0.130. The average Bonchev–Trinajstić information content (AvgIpc) is 2.73. The molecule has 0 saturated carbocycles. The Morgan fingerprint density at radius 3 is 2.33 bits per heavy atom. The van der Waals surface area contributed by atoms with Gasteiger partial charge in [-0.1, -0.05) is 78.9 Å². The summed E-state index contributed by atoms with van der Waals surface area (Å²) in [5.74, 6) is 0.390. The van der Waals surface area contributed by atoms with Crippen molar-refractivity contribution in [2.24, 2.45) is 5.10 Å². The summed E-state index contributed by atoms with van der Waals surface area (Å²) in [5, 5.41) is 3.97. The van der Waals surface area contributed by atoms with Crippen LogP contribution in [0.4, 0.5) is 0 Å². The number of ether oxygens (including phenoxy) is 1. The molecule has 3 aromatic rings. The number of nitrogens with zero attached hydrogens (tertiary/aromatic N) is 1. The van der Waals surface area contributed by atoms with E-state index in [0.717, 1.165) is 24.0 Å². The van der Waals surface area contributed by atoms with E-state index >= 15 is 0 Å². The summed E-state index contributed by atoms with van der Waals surface area (Å²) in [5.41, 5.74) is 5.75. The van der Waals surface area contributed by atoms with Crippen LogP contribution in [0.3, 0.4) is 0 Å². The van der Waals surface area contributed by atoms with Crippen LogP contribution in [0, 0.1) is 0 Å². The minimum absolute atomic E-state index is 0.0835. The second kappa shape index (κ2) is 9.92. The minimum Gasteiger partial charge on any atom is -0.483 e. The quantitative estimate of drug-likeness (QED) is 0.477. The number of hydrogen-bond donors (Lipinski definition) is 1. The highest BCUT2D eigenvalue weighted by Crippen LogP contribution is 2.29. The smallest absolute Gasteiger partial charge is 0.277 e. The maximum Gasteiger partial charge on any atom is 0.277 e. The van der Waals surface area contributed by atoms with Gasteiger partial charge >= 0.3 is 0 Å². The Morgan fingerprint density at radius 1 is 0.889 bits per heavy atom. The minimum atomic E-state index is -0.283. The number of aryl methyl sites for hydroxylation is 1. The molecule has 0 saturated heterocycles. The van der Waals surface area contributed by atoms with Crippen LogP contribution in [-0.4, -0.2) is 18.7 Å². The third-order valence-electron chi connectivity index (χ3n) is 4.02. The molecule has 4 nitrogen and oxygen atoms in total. The molecule has 0 aromatic heterocycles. The van der Waals surface area contributed by atoms with E-state index in [1.54, 1.807) is 6.21 Å². The van der Waals surface area contributed by atoms with Gasteiger partial charge in [-0.3, -0.25) is 4.79 Å². The topological polar surface area (TPSA) is 50.7 Å². The number of benzene rings is 3. The largest absolute Gasteiger partial charge is 0.483 e. The zero-order valence-electron chi connectivity index (χ0n) is 15.0. The van der Waals surface area contributed by atoms with Crippen molar-refractivity contribution in [3.05, 3.63) is 90.5 Å². The van der Waals surface area contributed by atoms with Gasteiger partial charge in [-0.2, -0.15) is 5.10 Å². The summed E-state index contributed by atoms with van der Waals surface area (Å²) >= 11 is 0. The molecule has 0 unspecified atom stereocenters. The van der Waals surface area contributed by atoms with Crippen molar-refractivity contribution in [1.29, 1.82) is 0 Å². The molecule has 0 heterocycles. The monoisotopic (exact) mass is 358 g/mol. The Bertz CT molecular complexity index is 877. The van der Waals surface area contributed by atoms with Gasteiger partial charge in [0.05, 0.1) is 0 Å². The molecule has 3 aromatic carbocycles. The molecular formula is C23H22N2O2. The first-order chi connectivity index (χ1) is 13.3. The van der Waals surface area contributed by atoms with Crippen LogP contribution in [0.1, 0.15) is 12.0 Å². The number of hydrazone groups is 1. The van der Waals surface area contributed by atoms with E-state index in [1.807, 2.05) is 72.8 Å². The summed E-state index contributed by atoms with van der Waals surface area (Å²) < 4.78 is 5.69. The number of carbonyl (C=O) groups is 1. The fourth-order valence-corrected chi connectivity index (χ4v) is 2.68. The van der Waals surface area contributed by atoms with Gasteiger partial charge in [0.1, 0.15) is 5.75 Å². The molecule has 4 heteroatoms. The van der Waals surface area contributed by atoms with Gasteiger partial charge in [0, 0.05) is 11.8 Å². The summed E-state index contributed by atoms with van der Waals surface area (Å²) in [4.78, 5) is 11.9. The third kappa shape index (κ3) is 5.82. The molecule has 0 fully saturated rings. The van der Waals surface area contributed by atoms with Gasteiger partial charge in [0.2, 0.25) is 0 Å². The Hall–Kier alpha value is -3.40. The first-order valence-electron chi connectivity index (χ1n) is 8.94. The van der Waals surface area contributed by atoms with Crippen molar-refractivity contribution in [3.63, 3.8) is 0 Å². The summed E-state index contributed by atoms with van der Waals surface area (Å²) in [6, 6.07) is 27.8. The third-order valence-corrected chi connectivity index (χ3v) is 4.02. The molecule has 1 N–H and O–H groups in total. The van der Waals surface area contributed by atoms with Crippen molar-refractivity contribution in [2.75, 3.05) is 6.61 Å². The predicted molar refractivity (Wildman–Crippen MR) is 109 cm³/mol. The van der Waals surface area contributed by atoms with Gasteiger partial charge in [-0.05, 0) is 30.0 Å². The average molecular weight is 358 g/mol. The van der Waals surface area contributed by atoms with Crippen LogP contribution >= 0.6 is 0 Å². The van der Waals surface area contributed by atoms with Crippen LogP contribution in [0.15, 0.2) is 90.0 Å². The Labute approximate surface area is 159 Å². The number of hydrogen-bond acceptors (Lipinski definition) is 3. The molecular weight excluding hydrogens is 336 g/mol. The van der Waals surface area contributed by atoms with Crippen LogP contribution in [0.25, 0.3) is 11.1 Å². The predicted octanol–water partition coefficient (Wildman–Crippen LogP) is 4.47. The van der Waals surface area contributed by atoms with Gasteiger partial charge in [-0.25, -0.2) is 5.43 Å². The summed E-state index contributed by atoms with van der Waals surface area (Å²) in [7, 11) is 0. The molecule has 3 rings (SSSR count). The zero-order valence-corrected chi connectivity index (χ0v) is 15.0. The maximum absolute atomic E-state index is 11.9. The van der Waals surface area contributed by atoms with Crippen molar-refractivity contribution in [2.45, 2.75) is 12.8 Å². The lowest BCUT2D eigenvalue weighted by molar-refractivity contribution is -0.123. The van der Waals surface area contributed by atoms with Crippen LogP contribution in [0.2, 0.25) is 0 Å². The second-order valence-corrected chi connectivity index (χ2v) is 6.02. The number of carbonyl (C=O) groups excluding carboxylic acids is 1. The van der Waals surface area contributed by atoms with E-state index in [-0.39, 0.29) is 12.5 Å². The highest BCUT2D eigenvalue weighted by Gasteiger charge is 2.07. The van der Waals surface area contributed by atoms with Crippen LogP contribution < -0.4 is 10.2 Å². The highest BCUT2D eigenvalue weighted by atomic mass is 16.5. The summed E-state index contributed by atoms with van der Waals surface area (Å²) in [6.07, 6.45) is 3.37. The number of rotatable bonds is 8. The lowest BCUT2D eigenvalue weighted by Gasteiger charge is -2.10. The fourth-order valence-electron chi connectivity index (χ4n) is 2.68. The van der Waals surface area contributed by atoms with Gasteiger partial charge < -0.3 is 4.74 Å². The Kier molecular flexibility index (Phi) is 6.76. The van der Waals surface area contributed by atoms with Crippen LogP contribution in [0.5, 0.6) is 5.75 Å². The van der Waals surface area contributed by atoms with E-state index in [4.69, 9.17) is 4.74 Å². The molecule has 0 spiro atoms. The SMILES string of the molecule is O=C(COc1ccccc1-c1ccccc1)NN=CCCc1ccccc1. The molecule has 0 bridgehead atoms. The van der Waals surface area contributed by atoms with E-state index in [0.29, 0.717) is 5.75 Å². The molecule has 1 amide bonds. The van der Waals surface area contributed by atoms with E-state index in [1.165, 1.54) is 5.56 Å². The van der Waals surface area contributed by atoms with E-state index in [9.17, 15) is 4.79 Å². The standard InChI is InChI=1S/C23H22N2O2/c26-23(25-24-17-9-12-19-10-3-1-4-11-19)18-27-22-16-8-7-15-21(22)20-13-5-2-6-14-20/h1-8,10-11,13-17H,9,12,18H2,(H,25,26). The second-order valence-electron chi connectivity index (χ2n) is 6.02. The first kappa shape index (κ1) is 18.4. The van der Waals surface area contributed by atoms with Crippen LogP contribution in [-0.2, 0) is 11.2 Å². The van der Waals surface area contributed by atoms with Gasteiger partial charge in [-0.15, -0.1) is 0 Å². The zero-order chi connectivity index (χ0) is 18.7. The Balaban J connectivity index is 1.46. The normalized spacial score (nSPS) is 10.7. The van der Waals surface area contributed by atoms with Gasteiger partial charge in [0.15, 0.2) is 6.61 Å². The Morgan fingerprint density at radius 2 is 1.56 bits per heavy atom. The number of para-hydroxylation sites is 1. The van der Waals surface area contributed by atoms with Crippen molar-refractivity contribution < 1.29 is 9.53 Å². The molecule has 0 aliphatic carbocycles. The number of amides is 1. The molecule has 0 atom stereocenters. The van der Waals surface area contributed by atoms with Gasteiger partial charge in [0.25, 0.3) is 5.91 Å². The maximum atomic E-state index is 11.9. The first-order valence-corrected chi connectivity index (χ1v) is 8.94. The van der Waals surface area contributed by atoms with E-state index < -0.39 is 0 Å². The highest BCUT2D eigenvalue weighted by molar-refractivity contribution is 5.79. The van der Waals surface area contributed by atoms with Crippen molar-refractivity contribution in [1.82, 2.24) is 5.43 Å². The van der Waals surface area contributed by atoms with Crippen molar-refractivity contribution in [3.8, 4) is 16.9 Å². The lowest BCUT2D eigenvalue weighted by atomic mass is 10.1. The molecule has 0 radical (unpaired) electrons. The lowest BCUT2D eigenvalue weighted by Crippen LogP contribution is -2.24. The summed E-state index contributed by atoms with van der Waals surface area (Å²) in [6.45, 7) is -0.0835. The van der Waals surface area contributed by atoms with E-state index in [2.05, 4.69) is 22.7 Å². The number of nitrogens with one attached hydrogen (secondary N) is 1. The van der Waals surface area contributed by atoms with Crippen molar-refractivity contribution >= 4 is 12.1 Å². The molecule has 136 valence electrons. The molecule has 0 aliphatic rings.